The quantitative estimate of drug-likeness (QED) is 0.519. The summed E-state index contributed by atoms with van der Waals surface area (Å²) >= 11 is 0. The Hall–Kier alpha value is -3.81. The second-order valence-corrected chi connectivity index (χ2v) is 6.23. The van der Waals surface area contributed by atoms with Crippen LogP contribution in [0, 0.1) is 0 Å². The van der Waals surface area contributed by atoms with Gasteiger partial charge in [0.05, 0.1) is 34.0 Å². The summed E-state index contributed by atoms with van der Waals surface area (Å²) < 4.78 is 26.3. The lowest BCUT2D eigenvalue weighted by atomic mass is 9.85. The molecule has 0 atom stereocenters. The van der Waals surface area contributed by atoms with Crippen LogP contribution >= 0.6 is 0 Å². The van der Waals surface area contributed by atoms with Crippen molar-refractivity contribution in [3.05, 3.63) is 57.1 Å². The number of ether oxygens (including phenoxy) is 4. The maximum Gasteiger partial charge on any atom is 0.348 e. The molecule has 0 bridgehead atoms. The van der Waals surface area contributed by atoms with Crippen molar-refractivity contribution in [3.63, 3.8) is 0 Å². The monoisotopic (exact) mass is 396 g/mol. The molecule has 0 radical (unpaired) electrons. The van der Waals surface area contributed by atoms with Gasteiger partial charge in [-0.1, -0.05) is 0 Å². The summed E-state index contributed by atoms with van der Waals surface area (Å²) in [4.78, 5) is 39.1. The zero-order valence-corrected chi connectivity index (χ0v) is 16.1. The molecule has 0 amide bonds. The fourth-order valence-electron chi connectivity index (χ4n) is 3.55. The number of ketones is 2. The van der Waals surface area contributed by atoms with Crippen molar-refractivity contribution >= 4 is 22.3 Å². The van der Waals surface area contributed by atoms with Gasteiger partial charge in [0, 0.05) is 16.5 Å². The van der Waals surface area contributed by atoms with E-state index in [1.54, 1.807) is 6.07 Å². The molecule has 148 valence electrons. The lowest BCUT2D eigenvalue weighted by molar-refractivity contribution is 0.0954. The van der Waals surface area contributed by atoms with Gasteiger partial charge in [-0.05, 0) is 24.3 Å². The lowest BCUT2D eigenvalue weighted by Crippen LogP contribution is -2.24. The molecule has 29 heavy (non-hydrogen) atoms. The van der Waals surface area contributed by atoms with Gasteiger partial charge >= 0.3 is 5.63 Å². The fourth-order valence-corrected chi connectivity index (χ4v) is 3.55. The van der Waals surface area contributed by atoms with Gasteiger partial charge in [-0.2, -0.15) is 0 Å². The summed E-state index contributed by atoms with van der Waals surface area (Å²) in [6.07, 6.45) is 0. The zero-order chi connectivity index (χ0) is 20.9. The Labute approximate surface area is 164 Å². The van der Waals surface area contributed by atoms with Gasteiger partial charge in [0.15, 0.2) is 34.5 Å². The van der Waals surface area contributed by atoms with Gasteiger partial charge < -0.3 is 23.4 Å². The molecule has 0 spiro atoms. The average molecular weight is 396 g/mol. The van der Waals surface area contributed by atoms with E-state index in [-0.39, 0.29) is 44.7 Å². The van der Waals surface area contributed by atoms with Crippen LogP contribution in [0.25, 0.3) is 10.8 Å². The first-order valence-corrected chi connectivity index (χ1v) is 8.54. The molecule has 2 aromatic carbocycles. The van der Waals surface area contributed by atoms with E-state index in [0.717, 1.165) is 0 Å². The molecule has 4 rings (SSSR count). The number of hydrogen-bond donors (Lipinski definition) is 0. The Morgan fingerprint density at radius 3 is 1.86 bits per heavy atom. The molecule has 0 saturated heterocycles. The van der Waals surface area contributed by atoms with Crippen molar-refractivity contribution < 1.29 is 33.0 Å². The molecule has 0 saturated carbocycles. The van der Waals surface area contributed by atoms with Crippen LogP contribution in [-0.4, -0.2) is 40.0 Å². The van der Waals surface area contributed by atoms with Crippen LogP contribution in [0.4, 0.5) is 0 Å². The Kier molecular flexibility index (Phi) is 4.26. The maximum atomic E-state index is 13.3. The number of rotatable bonds is 4. The first-order chi connectivity index (χ1) is 14.0. The summed E-state index contributed by atoms with van der Waals surface area (Å²) in [5, 5.41) is 0.267. The molecule has 1 aliphatic rings. The normalized spacial score (nSPS) is 12.4. The van der Waals surface area contributed by atoms with Crippen molar-refractivity contribution in [3.8, 4) is 23.0 Å². The van der Waals surface area contributed by atoms with Crippen LogP contribution in [0.3, 0.4) is 0 Å². The number of methoxy groups -OCH3 is 4. The highest BCUT2D eigenvalue weighted by Crippen LogP contribution is 2.40. The largest absolute Gasteiger partial charge is 0.493 e. The molecule has 8 nitrogen and oxygen atoms in total. The predicted octanol–water partition coefficient (Wildman–Crippen LogP) is 2.60. The smallest absolute Gasteiger partial charge is 0.348 e. The van der Waals surface area contributed by atoms with Gasteiger partial charge in [0.2, 0.25) is 5.78 Å². The van der Waals surface area contributed by atoms with Gasteiger partial charge in [-0.3, -0.25) is 9.59 Å². The van der Waals surface area contributed by atoms with E-state index in [2.05, 4.69) is 0 Å². The van der Waals surface area contributed by atoms with Gasteiger partial charge in [0.1, 0.15) is 5.39 Å². The molecule has 0 aliphatic heterocycles. The summed E-state index contributed by atoms with van der Waals surface area (Å²) in [6.45, 7) is 0. The minimum absolute atomic E-state index is 0.00901. The van der Waals surface area contributed by atoms with Crippen molar-refractivity contribution in [1.82, 2.24) is 0 Å². The van der Waals surface area contributed by atoms with E-state index in [1.165, 1.54) is 46.6 Å². The highest BCUT2D eigenvalue weighted by atomic mass is 16.5. The van der Waals surface area contributed by atoms with E-state index in [1.807, 2.05) is 0 Å². The second-order valence-electron chi connectivity index (χ2n) is 6.23. The predicted molar refractivity (Wildman–Crippen MR) is 102 cm³/mol. The third-order valence-electron chi connectivity index (χ3n) is 4.89. The number of hydrogen-bond acceptors (Lipinski definition) is 8. The number of fused-ring (bicyclic) bond motifs is 4. The van der Waals surface area contributed by atoms with Crippen LogP contribution in [0.2, 0.25) is 0 Å². The Morgan fingerprint density at radius 2 is 1.31 bits per heavy atom. The SMILES string of the molecule is COc1cc2c(cc1OC)C(=O)c1c(oc(=O)c3c(OC)c(OC)ccc13)C2=O. The maximum absolute atomic E-state index is 13.3. The Bertz CT molecular complexity index is 1250. The first kappa shape index (κ1) is 18.5. The molecule has 3 aromatic rings. The lowest BCUT2D eigenvalue weighted by Gasteiger charge is -2.20. The molecule has 0 fully saturated rings. The van der Waals surface area contributed by atoms with Crippen molar-refractivity contribution in [2.24, 2.45) is 0 Å². The summed E-state index contributed by atoms with van der Waals surface area (Å²) in [6, 6.07) is 5.93. The molecular formula is C21H16O8. The highest BCUT2D eigenvalue weighted by Gasteiger charge is 2.36. The van der Waals surface area contributed by atoms with Crippen molar-refractivity contribution in [2.75, 3.05) is 28.4 Å². The van der Waals surface area contributed by atoms with Gasteiger partial charge in [-0.25, -0.2) is 4.79 Å². The number of carbonyl (C=O) groups excluding carboxylic acids is 2. The Balaban J connectivity index is 2.09. The third kappa shape index (κ3) is 2.49. The summed E-state index contributed by atoms with van der Waals surface area (Å²) in [5.41, 5.74) is -0.613. The van der Waals surface area contributed by atoms with E-state index < -0.39 is 17.2 Å². The average Bonchev–Trinajstić information content (AvgIpc) is 2.75. The molecule has 1 heterocycles. The standard InChI is InChI=1S/C21H16O8/c1-25-12-6-5-9-15-17(22)10-7-13(26-2)14(27-3)8-11(10)18(23)20(15)29-21(24)16(9)19(12)28-4/h5-8H,1-4H3. The molecular weight excluding hydrogens is 380 g/mol. The molecule has 1 aliphatic carbocycles. The van der Waals surface area contributed by atoms with Crippen LogP contribution < -0.4 is 24.6 Å². The van der Waals surface area contributed by atoms with E-state index >= 15 is 0 Å². The van der Waals surface area contributed by atoms with Gasteiger partial charge in [0.25, 0.3) is 0 Å². The first-order valence-electron chi connectivity index (χ1n) is 8.54. The fraction of sp³-hybridized carbons (Fsp3) is 0.190. The minimum Gasteiger partial charge on any atom is -0.493 e. The van der Waals surface area contributed by atoms with Crippen molar-refractivity contribution in [1.29, 1.82) is 0 Å². The van der Waals surface area contributed by atoms with Crippen LogP contribution in [0.1, 0.15) is 32.0 Å². The van der Waals surface area contributed by atoms with Crippen LogP contribution in [0.5, 0.6) is 23.0 Å². The highest BCUT2D eigenvalue weighted by molar-refractivity contribution is 6.31. The number of benzene rings is 2. The van der Waals surface area contributed by atoms with Crippen molar-refractivity contribution in [2.45, 2.75) is 0 Å². The summed E-state index contributed by atoms with van der Waals surface area (Å²) in [7, 11) is 5.64. The van der Waals surface area contributed by atoms with Crippen LogP contribution in [-0.2, 0) is 0 Å². The zero-order valence-electron chi connectivity index (χ0n) is 16.1. The third-order valence-corrected chi connectivity index (χ3v) is 4.89. The summed E-state index contributed by atoms with van der Waals surface area (Å²) in [5.74, 6) is -0.379. The molecule has 0 N–H and O–H groups in total. The van der Waals surface area contributed by atoms with E-state index in [0.29, 0.717) is 11.5 Å². The number of carbonyl (C=O) groups is 2. The van der Waals surface area contributed by atoms with E-state index in [9.17, 15) is 14.4 Å². The van der Waals surface area contributed by atoms with Crippen LogP contribution in [0.15, 0.2) is 33.5 Å². The minimum atomic E-state index is -0.806. The Morgan fingerprint density at radius 1 is 0.724 bits per heavy atom. The molecule has 0 unspecified atom stereocenters. The molecule has 1 aromatic heterocycles. The van der Waals surface area contributed by atoms with Gasteiger partial charge in [-0.15, -0.1) is 0 Å². The molecule has 8 heteroatoms. The second kappa shape index (κ2) is 6.66. The van der Waals surface area contributed by atoms with E-state index in [4.69, 9.17) is 23.4 Å². The topological polar surface area (TPSA) is 101 Å².